The molecule has 0 aliphatic rings. The van der Waals surface area contributed by atoms with E-state index in [0.717, 1.165) is 19.2 Å². The molecule has 0 radical (unpaired) electrons. The first-order valence-electron chi connectivity index (χ1n) is 4.35. The van der Waals surface area contributed by atoms with E-state index in [1.165, 1.54) is 0 Å². The van der Waals surface area contributed by atoms with Crippen molar-refractivity contribution in [3.05, 3.63) is 29.3 Å². The van der Waals surface area contributed by atoms with Gasteiger partial charge in [-0.25, -0.2) is 8.78 Å². The second kappa shape index (κ2) is 4.68. The Hall–Kier alpha value is -1.66. The van der Waals surface area contributed by atoms with Gasteiger partial charge in [-0.05, 0) is 12.1 Å². The summed E-state index contributed by atoms with van der Waals surface area (Å²) in [4.78, 5) is 11.0. The molecule has 1 rings (SSSR count). The van der Waals surface area contributed by atoms with Crippen LogP contribution >= 0.6 is 0 Å². The number of hydrogen-bond donors (Lipinski definition) is 0. The third-order valence-corrected chi connectivity index (χ3v) is 1.99. The van der Waals surface area contributed by atoms with Crippen molar-refractivity contribution in [1.82, 2.24) is 0 Å². The van der Waals surface area contributed by atoms with Crippen LogP contribution in [0.15, 0.2) is 18.2 Å². The largest absolute Gasteiger partial charge is 0.495 e. The van der Waals surface area contributed by atoms with Gasteiger partial charge in [0.1, 0.15) is 5.75 Å². The Bertz CT molecular complexity index is 425. The van der Waals surface area contributed by atoms with Gasteiger partial charge in [-0.15, -0.1) is 0 Å². The van der Waals surface area contributed by atoms with Crippen LogP contribution in [0.5, 0.6) is 5.75 Å². The normalized spacial score (nSPS) is 11.7. The molecule has 0 bridgehead atoms. The molecule has 0 N–H and O–H groups in total. The molecule has 0 atom stereocenters. The number of carbonyl (C=O) groups is 1. The molecule has 94 valence electrons. The number of ether oxygens (including phenoxy) is 1. The first-order chi connectivity index (χ1) is 7.79. The molecule has 2 nitrogen and oxygen atoms in total. The van der Waals surface area contributed by atoms with Crippen LogP contribution < -0.4 is 4.74 Å². The van der Waals surface area contributed by atoms with Crippen molar-refractivity contribution in [3.8, 4) is 5.75 Å². The number of Topliss-reactive ketones (excluding diaryl/α,β-unsaturated/α-hetero) is 1. The fourth-order valence-corrected chi connectivity index (χ4v) is 1.29. The zero-order chi connectivity index (χ0) is 13.2. The molecule has 0 aliphatic heterocycles. The second-order valence-electron chi connectivity index (χ2n) is 3.05. The number of hydrogen-bond acceptors (Lipinski definition) is 2. The molecular weight excluding hydrogens is 247 g/mol. The summed E-state index contributed by atoms with van der Waals surface area (Å²) in [6, 6.07) is 2.39. The van der Waals surface area contributed by atoms with Crippen LogP contribution in [-0.4, -0.2) is 19.3 Å². The summed E-state index contributed by atoms with van der Waals surface area (Å²) < 4.78 is 66.2. The van der Waals surface area contributed by atoms with Gasteiger partial charge < -0.3 is 4.74 Å². The average Bonchev–Trinajstić information content (AvgIpc) is 2.25. The Morgan fingerprint density at radius 1 is 1.29 bits per heavy atom. The smallest absolute Gasteiger partial charge is 0.419 e. The highest BCUT2D eigenvalue weighted by Crippen LogP contribution is 2.38. The van der Waals surface area contributed by atoms with Gasteiger partial charge in [0, 0.05) is 0 Å². The molecule has 0 unspecified atom stereocenters. The number of alkyl halides is 5. The number of rotatable bonds is 3. The minimum absolute atomic E-state index is 0.654. The predicted octanol–water partition coefficient (Wildman–Crippen LogP) is 3.16. The standard InChI is InChI=1S/C10H7F5O2/c1-17-8-5(7(16)9(11)12)3-2-4-6(8)10(13,14)15/h2-4,9H,1H3. The Balaban J connectivity index is 3.39. The highest BCUT2D eigenvalue weighted by atomic mass is 19.4. The number of para-hydroxylation sites is 1. The van der Waals surface area contributed by atoms with E-state index in [1.807, 2.05) is 0 Å². The summed E-state index contributed by atoms with van der Waals surface area (Å²) in [5, 5.41) is 0. The predicted molar refractivity (Wildman–Crippen MR) is 48.3 cm³/mol. The molecule has 0 heterocycles. The van der Waals surface area contributed by atoms with Crippen molar-refractivity contribution in [2.45, 2.75) is 12.6 Å². The van der Waals surface area contributed by atoms with E-state index in [0.29, 0.717) is 6.07 Å². The van der Waals surface area contributed by atoms with Crippen LogP contribution in [0.2, 0.25) is 0 Å². The molecule has 0 amide bonds. The van der Waals surface area contributed by atoms with E-state index in [9.17, 15) is 26.7 Å². The molecule has 1 aromatic carbocycles. The monoisotopic (exact) mass is 254 g/mol. The maximum Gasteiger partial charge on any atom is 0.419 e. The zero-order valence-corrected chi connectivity index (χ0v) is 8.52. The number of halogens is 5. The van der Waals surface area contributed by atoms with Crippen molar-refractivity contribution in [2.24, 2.45) is 0 Å². The minimum Gasteiger partial charge on any atom is -0.495 e. The Morgan fingerprint density at radius 3 is 2.29 bits per heavy atom. The number of benzene rings is 1. The van der Waals surface area contributed by atoms with Gasteiger partial charge >= 0.3 is 12.6 Å². The lowest BCUT2D eigenvalue weighted by Gasteiger charge is -2.14. The minimum atomic E-state index is -4.77. The van der Waals surface area contributed by atoms with E-state index in [2.05, 4.69) is 4.74 Å². The Morgan fingerprint density at radius 2 is 1.88 bits per heavy atom. The Labute approximate surface area is 93.0 Å². The van der Waals surface area contributed by atoms with Gasteiger partial charge in [0.2, 0.25) is 5.78 Å². The van der Waals surface area contributed by atoms with Gasteiger partial charge in [0.15, 0.2) is 0 Å². The fraction of sp³-hybridized carbons (Fsp3) is 0.300. The van der Waals surface area contributed by atoms with Crippen LogP contribution in [0.25, 0.3) is 0 Å². The first-order valence-corrected chi connectivity index (χ1v) is 4.35. The topological polar surface area (TPSA) is 26.3 Å². The highest BCUT2D eigenvalue weighted by molar-refractivity contribution is 6.01. The van der Waals surface area contributed by atoms with Crippen molar-refractivity contribution in [2.75, 3.05) is 7.11 Å². The summed E-state index contributed by atoms with van der Waals surface area (Å²) in [5.74, 6) is -2.58. The molecule has 17 heavy (non-hydrogen) atoms. The van der Waals surface area contributed by atoms with Crippen molar-refractivity contribution >= 4 is 5.78 Å². The fourth-order valence-electron chi connectivity index (χ4n) is 1.29. The van der Waals surface area contributed by atoms with Crippen molar-refractivity contribution < 1.29 is 31.5 Å². The molecule has 0 aliphatic carbocycles. The SMILES string of the molecule is COc1c(C(=O)C(F)F)cccc1C(F)(F)F. The quantitative estimate of drug-likeness (QED) is 0.611. The van der Waals surface area contributed by atoms with Gasteiger partial charge in [0.05, 0.1) is 18.2 Å². The maximum atomic E-state index is 12.5. The molecule has 0 aromatic heterocycles. The number of carbonyl (C=O) groups excluding carboxylic acids is 1. The summed E-state index contributed by atoms with van der Waals surface area (Å²) in [7, 11) is 0.882. The number of methoxy groups -OCH3 is 1. The summed E-state index contributed by atoms with van der Waals surface area (Å²) >= 11 is 0. The average molecular weight is 254 g/mol. The highest BCUT2D eigenvalue weighted by Gasteiger charge is 2.36. The van der Waals surface area contributed by atoms with Crippen molar-refractivity contribution in [3.63, 3.8) is 0 Å². The third-order valence-electron chi connectivity index (χ3n) is 1.99. The van der Waals surface area contributed by atoms with Gasteiger partial charge in [0.25, 0.3) is 0 Å². The lowest BCUT2D eigenvalue weighted by molar-refractivity contribution is -0.138. The molecule has 0 saturated heterocycles. The van der Waals surface area contributed by atoms with Gasteiger partial charge in [-0.2, -0.15) is 13.2 Å². The summed E-state index contributed by atoms with van der Waals surface area (Å²) in [6.07, 6.45) is -8.16. The van der Waals surface area contributed by atoms with Crippen LogP contribution in [-0.2, 0) is 6.18 Å². The molecule has 0 fully saturated rings. The van der Waals surface area contributed by atoms with E-state index in [1.54, 1.807) is 0 Å². The third kappa shape index (κ3) is 2.72. The molecular formula is C10H7F5O2. The first kappa shape index (κ1) is 13.4. The lowest BCUT2D eigenvalue weighted by Crippen LogP contribution is -2.15. The van der Waals surface area contributed by atoms with Crippen LogP contribution in [0.1, 0.15) is 15.9 Å². The van der Waals surface area contributed by atoms with E-state index in [-0.39, 0.29) is 0 Å². The molecule has 7 heteroatoms. The van der Waals surface area contributed by atoms with Crippen LogP contribution in [0.3, 0.4) is 0 Å². The van der Waals surface area contributed by atoms with E-state index >= 15 is 0 Å². The van der Waals surface area contributed by atoms with Crippen LogP contribution in [0.4, 0.5) is 22.0 Å². The zero-order valence-electron chi connectivity index (χ0n) is 8.52. The number of ketones is 1. The van der Waals surface area contributed by atoms with Gasteiger partial charge in [-0.3, -0.25) is 4.79 Å². The summed E-state index contributed by atoms with van der Waals surface area (Å²) in [5.41, 5.74) is -2.04. The van der Waals surface area contributed by atoms with Crippen molar-refractivity contribution in [1.29, 1.82) is 0 Å². The lowest BCUT2D eigenvalue weighted by atomic mass is 10.0. The second-order valence-corrected chi connectivity index (χ2v) is 3.05. The maximum absolute atomic E-state index is 12.5. The van der Waals surface area contributed by atoms with E-state index in [4.69, 9.17) is 0 Å². The Kier molecular flexibility index (Phi) is 3.69. The molecule has 0 saturated carbocycles. The summed E-state index contributed by atoms with van der Waals surface area (Å²) in [6.45, 7) is 0. The molecule has 1 aromatic rings. The van der Waals surface area contributed by atoms with Gasteiger partial charge in [-0.1, -0.05) is 6.07 Å². The van der Waals surface area contributed by atoms with E-state index < -0.39 is 35.3 Å². The van der Waals surface area contributed by atoms with Crippen LogP contribution in [0, 0.1) is 0 Å². The molecule has 0 spiro atoms.